The minimum Gasteiger partial charge on any atom is -0.308 e. The smallest absolute Gasteiger partial charge is 0.308 e. The molecule has 0 saturated carbocycles. The number of halogens is 1. The van der Waals surface area contributed by atoms with Gasteiger partial charge in [0.05, 0.1) is 6.34 Å². The second-order valence-electron chi connectivity index (χ2n) is 1.04. The van der Waals surface area contributed by atoms with Crippen LogP contribution in [0.3, 0.4) is 0 Å². The molecule has 0 aliphatic carbocycles. The van der Waals surface area contributed by atoms with Crippen molar-refractivity contribution < 1.29 is 9.59 Å². The summed E-state index contributed by atoms with van der Waals surface area (Å²) in [5.41, 5.74) is 0. The summed E-state index contributed by atoms with van der Waals surface area (Å²) in [6.45, 7) is 0. The van der Waals surface area contributed by atoms with Gasteiger partial charge in [0.15, 0.2) is 0 Å². The molecule has 44 valence electrons. The fourth-order valence-electron chi connectivity index (χ4n) is 0.270. The highest BCUT2D eigenvalue weighted by molar-refractivity contribution is 6.41. The van der Waals surface area contributed by atoms with Crippen LogP contribution >= 0.6 is 12.4 Å². The van der Waals surface area contributed by atoms with Gasteiger partial charge in [-0.25, -0.2) is 0 Å². The van der Waals surface area contributed by atoms with Crippen LogP contribution in [0.15, 0.2) is 4.99 Å². The maximum Gasteiger partial charge on any atom is 0.336 e. The highest BCUT2D eigenvalue weighted by atomic mass is 35.5. The SMILES string of the molecule is Cl.O=C1N=CNC1=O. The Hall–Kier alpha value is -0.900. The Morgan fingerprint density at radius 2 is 2.12 bits per heavy atom. The van der Waals surface area contributed by atoms with Gasteiger partial charge < -0.3 is 5.32 Å². The van der Waals surface area contributed by atoms with E-state index in [1.807, 2.05) is 0 Å². The Bertz CT molecular complexity index is 153. The van der Waals surface area contributed by atoms with Crippen LogP contribution in [0.4, 0.5) is 0 Å². The molecular formula is C3H3ClN2O2. The average Bonchev–Trinajstić information content (AvgIpc) is 1.91. The van der Waals surface area contributed by atoms with E-state index in [1.54, 1.807) is 0 Å². The van der Waals surface area contributed by atoms with Crippen molar-refractivity contribution in [2.45, 2.75) is 0 Å². The van der Waals surface area contributed by atoms with Gasteiger partial charge in [0.1, 0.15) is 0 Å². The van der Waals surface area contributed by atoms with Crippen molar-refractivity contribution in [3.8, 4) is 0 Å². The molecule has 1 N–H and O–H groups in total. The van der Waals surface area contributed by atoms with Crippen LogP contribution in [0, 0.1) is 0 Å². The van der Waals surface area contributed by atoms with Crippen molar-refractivity contribution in [3.63, 3.8) is 0 Å². The Morgan fingerprint density at radius 1 is 1.50 bits per heavy atom. The first kappa shape index (κ1) is 7.10. The van der Waals surface area contributed by atoms with Gasteiger partial charge in [0, 0.05) is 0 Å². The lowest BCUT2D eigenvalue weighted by molar-refractivity contribution is -0.135. The number of nitrogens with zero attached hydrogens (tertiary/aromatic N) is 1. The molecule has 0 bridgehead atoms. The molecule has 1 aliphatic rings. The molecule has 0 fully saturated rings. The third-order valence-corrected chi connectivity index (χ3v) is 0.572. The number of hydrogen-bond donors (Lipinski definition) is 1. The number of carbonyl (C=O) groups excluding carboxylic acids is 2. The van der Waals surface area contributed by atoms with E-state index in [9.17, 15) is 9.59 Å². The molecule has 0 saturated heterocycles. The van der Waals surface area contributed by atoms with Crippen molar-refractivity contribution in [1.29, 1.82) is 0 Å². The van der Waals surface area contributed by atoms with Crippen molar-refractivity contribution in [2.24, 2.45) is 4.99 Å². The van der Waals surface area contributed by atoms with Crippen molar-refractivity contribution in [1.82, 2.24) is 5.32 Å². The van der Waals surface area contributed by atoms with Gasteiger partial charge >= 0.3 is 11.8 Å². The molecule has 0 radical (unpaired) electrons. The third kappa shape index (κ3) is 1.04. The molecule has 1 aliphatic heterocycles. The second kappa shape index (κ2) is 2.42. The quantitative estimate of drug-likeness (QED) is 0.436. The monoisotopic (exact) mass is 134 g/mol. The molecule has 0 aromatic carbocycles. The van der Waals surface area contributed by atoms with Gasteiger partial charge in [-0.05, 0) is 0 Å². The topological polar surface area (TPSA) is 58.5 Å². The zero-order valence-corrected chi connectivity index (χ0v) is 4.57. The van der Waals surface area contributed by atoms with Gasteiger partial charge in [0.25, 0.3) is 0 Å². The van der Waals surface area contributed by atoms with Crippen LogP contribution < -0.4 is 5.32 Å². The van der Waals surface area contributed by atoms with E-state index < -0.39 is 11.8 Å². The first-order chi connectivity index (χ1) is 3.30. The van der Waals surface area contributed by atoms with E-state index >= 15 is 0 Å². The van der Waals surface area contributed by atoms with E-state index in [4.69, 9.17) is 0 Å². The zero-order chi connectivity index (χ0) is 5.28. The average molecular weight is 135 g/mol. The summed E-state index contributed by atoms with van der Waals surface area (Å²) in [4.78, 5) is 23.0. The number of nitrogens with one attached hydrogen (secondary N) is 1. The number of hydrogen-bond acceptors (Lipinski definition) is 2. The van der Waals surface area contributed by atoms with E-state index in [0.29, 0.717) is 0 Å². The molecule has 0 atom stereocenters. The summed E-state index contributed by atoms with van der Waals surface area (Å²) in [6, 6.07) is 0. The molecule has 0 aromatic heterocycles. The van der Waals surface area contributed by atoms with E-state index in [0.717, 1.165) is 6.34 Å². The minimum atomic E-state index is -0.722. The van der Waals surface area contributed by atoms with Crippen LogP contribution in [0.25, 0.3) is 0 Å². The van der Waals surface area contributed by atoms with Crippen LogP contribution in [-0.4, -0.2) is 18.2 Å². The Kier molecular flexibility index (Phi) is 2.15. The Balaban J connectivity index is 0.000000490. The van der Waals surface area contributed by atoms with Gasteiger partial charge in [-0.15, -0.1) is 12.4 Å². The standard InChI is InChI=1S/C3H2N2O2.ClH/c6-2-3(7)5-1-4-2;/h1H,(H,4,5,6,7);1H. The fourth-order valence-corrected chi connectivity index (χ4v) is 0.270. The molecule has 4 nitrogen and oxygen atoms in total. The summed E-state index contributed by atoms with van der Waals surface area (Å²) in [7, 11) is 0. The van der Waals surface area contributed by atoms with Crippen LogP contribution in [0.5, 0.6) is 0 Å². The molecule has 8 heavy (non-hydrogen) atoms. The van der Waals surface area contributed by atoms with E-state index in [1.165, 1.54) is 0 Å². The lowest BCUT2D eigenvalue weighted by Crippen LogP contribution is -2.19. The molecular weight excluding hydrogens is 131 g/mol. The predicted octanol–water partition coefficient (Wildman–Crippen LogP) is -0.907. The molecule has 1 heterocycles. The summed E-state index contributed by atoms with van der Waals surface area (Å²) in [6.07, 6.45) is 1.07. The molecule has 2 amide bonds. The fraction of sp³-hybridized carbons (Fsp3) is 0. The molecule has 0 spiro atoms. The van der Waals surface area contributed by atoms with Crippen molar-refractivity contribution in [2.75, 3.05) is 0 Å². The van der Waals surface area contributed by atoms with E-state index in [-0.39, 0.29) is 12.4 Å². The third-order valence-electron chi connectivity index (χ3n) is 0.572. The van der Waals surface area contributed by atoms with Crippen molar-refractivity contribution in [3.05, 3.63) is 0 Å². The maximum atomic E-state index is 9.99. The highest BCUT2D eigenvalue weighted by Gasteiger charge is 2.14. The summed E-state index contributed by atoms with van der Waals surface area (Å²) in [5.74, 6) is -1.37. The Morgan fingerprint density at radius 3 is 2.25 bits per heavy atom. The molecule has 0 unspecified atom stereocenters. The van der Waals surface area contributed by atoms with Gasteiger partial charge in [-0.1, -0.05) is 0 Å². The molecule has 0 aromatic rings. The summed E-state index contributed by atoms with van der Waals surface area (Å²) in [5, 5.41) is 2.09. The normalized spacial score (nSPS) is 15.5. The Labute approximate surface area is 51.4 Å². The summed E-state index contributed by atoms with van der Waals surface area (Å²) >= 11 is 0. The first-order valence-corrected chi connectivity index (χ1v) is 1.68. The van der Waals surface area contributed by atoms with Gasteiger partial charge in [-0.3, -0.25) is 9.59 Å². The van der Waals surface area contributed by atoms with Crippen molar-refractivity contribution >= 4 is 30.6 Å². The van der Waals surface area contributed by atoms with Gasteiger partial charge in [-0.2, -0.15) is 4.99 Å². The van der Waals surface area contributed by atoms with Crippen LogP contribution in [-0.2, 0) is 9.59 Å². The highest BCUT2D eigenvalue weighted by Crippen LogP contribution is 1.78. The maximum absolute atomic E-state index is 9.99. The predicted molar refractivity (Wildman–Crippen MR) is 28.9 cm³/mol. The molecule has 1 rings (SSSR count). The largest absolute Gasteiger partial charge is 0.336 e. The van der Waals surface area contributed by atoms with Gasteiger partial charge in [0.2, 0.25) is 0 Å². The number of amides is 2. The lowest BCUT2D eigenvalue weighted by atomic mass is 10.6. The second-order valence-corrected chi connectivity index (χ2v) is 1.04. The number of rotatable bonds is 0. The van der Waals surface area contributed by atoms with E-state index in [2.05, 4.69) is 10.3 Å². The zero-order valence-electron chi connectivity index (χ0n) is 3.75. The number of carbonyl (C=O) groups is 2. The van der Waals surface area contributed by atoms with Crippen LogP contribution in [0.1, 0.15) is 0 Å². The van der Waals surface area contributed by atoms with Crippen LogP contribution in [0.2, 0.25) is 0 Å². The minimum absolute atomic E-state index is 0. The molecule has 5 heteroatoms. The first-order valence-electron chi connectivity index (χ1n) is 1.68. The summed E-state index contributed by atoms with van der Waals surface area (Å²) < 4.78 is 0. The number of aliphatic imine (C=N–C) groups is 1. The lowest BCUT2D eigenvalue weighted by Gasteiger charge is -1.75.